The SMILES string of the molecule is CC(C)(C)c1csc(CNCc2ccccc2[N+](=O)[O-])n1. The van der Waals surface area contributed by atoms with Gasteiger partial charge in [0.1, 0.15) is 5.01 Å². The molecule has 0 fully saturated rings. The fourth-order valence-corrected chi connectivity index (χ4v) is 2.87. The van der Waals surface area contributed by atoms with E-state index in [2.05, 4.69) is 36.5 Å². The third-order valence-electron chi connectivity index (χ3n) is 3.10. The maximum atomic E-state index is 10.9. The van der Waals surface area contributed by atoms with Gasteiger partial charge >= 0.3 is 0 Å². The first-order valence-corrected chi connectivity index (χ1v) is 7.64. The van der Waals surface area contributed by atoms with Crippen LogP contribution >= 0.6 is 11.3 Å². The standard InChI is InChI=1S/C15H19N3O2S/c1-15(2,3)13-10-21-14(17-13)9-16-8-11-6-4-5-7-12(11)18(19)20/h4-7,10,16H,8-9H2,1-3H3. The Hall–Kier alpha value is -1.79. The Balaban J connectivity index is 1.96. The van der Waals surface area contributed by atoms with Crippen molar-refractivity contribution < 1.29 is 4.92 Å². The zero-order valence-electron chi connectivity index (χ0n) is 12.4. The Morgan fingerprint density at radius 1 is 1.29 bits per heavy atom. The molecule has 1 N–H and O–H groups in total. The number of para-hydroxylation sites is 1. The second-order valence-electron chi connectivity index (χ2n) is 5.87. The molecule has 0 aliphatic rings. The number of benzene rings is 1. The van der Waals surface area contributed by atoms with Crippen molar-refractivity contribution in [1.82, 2.24) is 10.3 Å². The lowest BCUT2D eigenvalue weighted by atomic mass is 9.93. The molecule has 0 bridgehead atoms. The van der Waals surface area contributed by atoms with E-state index >= 15 is 0 Å². The number of hydrogen-bond donors (Lipinski definition) is 1. The third-order valence-corrected chi connectivity index (χ3v) is 3.95. The van der Waals surface area contributed by atoms with Crippen LogP contribution in [-0.2, 0) is 18.5 Å². The topological polar surface area (TPSA) is 68.1 Å². The fraction of sp³-hybridized carbons (Fsp3) is 0.400. The van der Waals surface area contributed by atoms with Gasteiger partial charge in [0.25, 0.3) is 5.69 Å². The molecule has 1 aromatic heterocycles. The number of aromatic nitrogens is 1. The van der Waals surface area contributed by atoms with Crippen LogP contribution in [-0.4, -0.2) is 9.91 Å². The van der Waals surface area contributed by atoms with E-state index in [4.69, 9.17) is 0 Å². The second-order valence-corrected chi connectivity index (χ2v) is 6.81. The number of nitrogens with zero attached hydrogens (tertiary/aromatic N) is 2. The number of hydrogen-bond acceptors (Lipinski definition) is 5. The van der Waals surface area contributed by atoms with Crippen molar-refractivity contribution in [1.29, 1.82) is 0 Å². The first-order chi connectivity index (χ1) is 9.88. The summed E-state index contributed by atoms with van der Waals surface area (Å²) in [5, 5.41) is 17.2. The van der Waals surface area contributed by atoms with E-state index in [1.54, 1.807) is 23.5 Å². The Morgan fingerprint density at radius 3 is 2.62 bits per heavy atom. The molecule has 1 heterocycles. The van der Waals surface area contributed by atoms with Crippen molar-refractivity contribution >= 4 is 17.0 Å². The molecule has 21 heavy (non-hydrogen) atoms. The average molecular weight is 305 g/mol. The van der Waals surface area contributed by atoms with Crippen molar-refractivity contribution in [2.24, 2.45) is 0 Å². The molecule has 6 heteroatoms. The molecule has 2 rings (SSSR count). The Labute approximate surface area is 128 Å². The summed E-state index contributed by atoms with van der Waals surface area (Å²) in [5.41, 5.74) is 1.97. The van der Waals surface area contributed by atoms with E-state index < -0.39 is 0 Å². The first kappa shape index (κ1) is 15.6. The summed E-state index contributed by atoms with van der Waals surface area (Å²) in [6.07, 6.45) is 0. The summed E-state index contributed by atoms with van der Waals surface area (Å²) in [5.74, 6) is 0. The molecule has 0 aliphatic carbocycles. The van der Waals surface area contributed by atoms with Crippen molar-refractivity contribution in [2.75, 3.05) is 0 Å². The Morgan fingerprint density at radius 2 is 2.00 bits per heavy atom. The van der Waals surface area contributed by atoms with Crippen LogP contribution in [0.15, 0.2) is 29.6 Å². The van der Waals surface area contributed by atoms with E-state index in [0.29, 0.717) is 18.7 Å². The van der Waals surface area contributed by atoms with Gasteiger partial charge in [-0.15, -0.1) is 11.3 Å². The van der Waals surface area contributed by atoms with Crippen molar-refractivity contribution in [3.8, 4) is 0 Å². The molecule has 1 aromatic carbocycles. The molecule has 0 radical (unpaired) electrons. The molecule has 0 atom stereocenters. The van der Waals surface area contributed by atoms with Crippen LogP contribution in [0.25, 0.3) is 0 Å². The largest absolute Gasteiger partial charge is 0.306 e. The summed E-state index contributed by atoms with van der Waals surface area (Å²) in [6, 6.07) is 6.79. The van der Waals surface area contributed by atoms with Crippen LogP contribution in [0.5, 0.6) is 0 Å². The third kappa shape index (κ3) is 4.09. The van der Waals surface area contributed by atoms with Crippen LogP contribution in [0.4, 0.5) is 5.69 Å². The minimum absolute atomic E-state index is 0.0486. The van der Waals surface area contributed by atoms with Gasteiger partial charge in [0.15, 0.2) is 0 Å². The van der Waals surface area contributed by atoms with Gasteiger partial charge in [-0.05, 0) is 0 Å². The minimum Gasteiger partial charge on any atom is -0.306 e. The Kier molecular flexibility index (Phi) is 4.69. The number of rotatable bonds is 5. The fourth-order valence-electron chi connectivity index (χ4n) is 1.88. The van der Waals surface area contributed by atoms with Crippen molar-refractivity contribution in [3.05, 3.63) is 56.0 Å². The van der Waals surface area contributed by atoms with Gasteiger partial charge in [0.2, 0.25) is 0 Å². The highest BCUT2D eigenvalue weighted by Gasteiger charge is 2.17. The van der Waals surface area contributed by atoms with Gasteiger partial charge in [0, 0.05) is 35.5 Å². The molecule has 112 valence electrons. The quantitative estimate of drug-likeness (QED) is 0.676. The summed E-state index contributed by atoms with van der Waals surface area (Å²) >= 11 is 1.61. The lowest BCUT2D eigenvalue weighted by Crippen LogP contribution is -2.15. The van der Waals surface area contributed by atoms with E-state index in [1.165, 1.54) is 6.07 Å². The normalized spacial score (nSPS) is 11.6. The van der Waals surface area contributed by atoms with E-state index in [1.807, 2.05) is 6.07 Å². The van der Waals surface area contributed by atoms with Gasteiger partial charge in [-0.25, -0.2) is 4.98 Å². The molecule has 0 saturated carbocycles. The summed E-state index contributed by atoms with van der Waals surface area (Å²) in [7, 11) is 0. The maximum Gasteiger partial charge on any atom is 0.273 e. The van der Waals surface area contributed by atoms with Crippen LogP contribution in [0.2, 0.25) is 0 Å². The summed E-state index contributed by atoms with van der Waals surface area (Å²) in [6.45, 7) is 7.47. The van der Waals surface area contributed by atoms with E-state index in [9.17, 15) is 10.1 Å². The summed E-state index contributed by atoms with van der Waals surface area (Å²) < 4.78 is 0. The summed E-state index contributed by atoms with van der Waals surface area (Å²) in [4.78, 5) is 15.2. The van der Waals surface area contributed by atoms with Crippen molar-refractivity contribution in [2.45, 2.75) is 39.3 Å². The molecule has 5 nitrogen and oxygen atoms in total. The monoisotopic (exact) mass is 305 g/mol. The Bertz CT molecular complexity index is 632. The number of nitro benzene ring substituents is 1. The lowest BCUT2D eigenvalue weighted by molar-refractivity contribution is -0.385. The number of nitrogens with one attached hydrogen (secondary N) is 1. The first-order valence-electron chi connectivity index (χ1n) is 6.76. The van der Waals surface area contributed by atoms with Gasteiger partial charge in [0.05, 0.1) is 10.6 Å². The van der Waals surface area contributed by atoms with Gasteiger partial charge < -0.3 is 5.32 Å². The number of thiazole rings is 1. The molecule has 0 spiro atoms. The molecule has 0 unspecified atom stereocenters. The zero-order valence-corrected chi connectivity index (χ0v) is 13.2. The van der Waals surface area contributed by atoms with Crippen molar-refractivity contribution in [3.63, 3.8) is 0 Å². The zero-order chi connectivity index (χ0) is 15.5. The van der Waals surface area contributed by atoms with Crippen LogP contribution in [0, 0.1) is 10.1 Å². The molecular formula is C15H19N3O2S. The predicted octanol–water partition coefficient (Wildman–Crippen LogP) is 3.64. The maximum absolute atomic E-state index is 10.9. The highest BCUT2D eigenvalue weighted by Crippen LogP contribution is 2.24. The molecule has 2 aromatic rings. The average Bonchev–Trinajstić information content (AvgIpc) is 2.88. The van der Waals surface area contributed by atoms with Gasteiger partial charge in [-0.1, -0.05) is 39.0 Å². The molecular weight excluding hydrogens is 286 g/mol. The second kappa shape index (κ2) is 6.32. The highest BCUT2D eigenvalue weighted by molar-refractivity contribution is 7.09. The van der Waals surface area contributed by atoms with Crippen LogP contribution in [0.1, 0.15) is 37.0 Å². The van der Waals surface area contributed by atoms with Crippen LogP contribution in [0.3, 0.4) is 0 Å². The molecule has 0 aliphatic heterocycles. The van der Waals surface area contributed by atoms with Gasteiger partial charge in [-0.2, -0.15) is 0 Å². The van der Waals surface area contributed by atoms with E-state index in [0.717, 1.165) is 10.7 Å². The van der Waals surface area contributed by atoms with Gasteiger partial charge in [-0.3, -0.25) is 10.1 Å². The molecule has 0 saturated heterocycles. The predicted molar refractivity (Wildman–Crippen MR) is 84.5 cm³/mol. The smallest absolute Gasteiger partial charge is 0.273 e. The minimum atomic E-state index is -0.349. The number of nitro groups is 1. The van der Waals surface area contributed by atoms with Crippen LogP contribution < -0.4 is 5.32 Å². The molecule has 0 amide bonds. The highest BCUT2D eigenvalue weighted by atomic mass is 32.1. The lowest BCUT2D eigenvalue weighted by Gasteiger charge is -2.14. The van der Waals surface area contributed by atoms with E-state index in [-0.39, 0.29) is 16.0 Å².